The van der Waals surface area contributed by atoms with Crippen molar-refractivity contribution in [1.82, 2.24) is 0 Å². The molecule has 0 saturated heterocycles. The van der Waals surface area contributed by atoms with Gasteiger partial charge in [0.15, 0.2) is 0 Å². The monoisotopic (exact) mass is 227 g/mol. The van der Waals surface area contributed by atoms with Crippen molar-refractivity contribution in [3.8, 4) is 16.5 Å². The SMILES string of the molecule is CCCc1ccc(-c2ccc(C#N)s2)cc1. The molecule has 1 heterocycles. The van der Waals surface area contributed by atoms with E-state index < -0.39 is 0 Å². The van der Waals surface area contributed by atoms with Crippen LogP contribution in [0.25, 0.3) is 10.4 Å². The van der Waals surface area contributed by atoms with Gasteiger partial charge >= 0.3 is 0 Å². The van der Waals surface area contributed by atoms with Gasteiger partial charge in [0.25, 0.3) is 0 Å². The number of nitriles is 1. The first-order valence-electron chi connectivity index (χ1n) is 5.42. The Balaban J connectivity index is 2.24. The van der Waals surface area contributed by atoms with Crippen LogP contribution < -0.4 is 0 Å². The van der Waals surface area contributed by atoms with Crippen LogP contribution in [0.2, 0.25) is 0 Å². The van der Waals surface area contributed by atoms with Crippen LogP contribution in [0, 0.1) is 11.3 Å². The number of rotatable bonds is 3. The van der Waals surface area contributed by atoms with Gasteiger partial charge in [0.2, 0.25) is 0 Å². The fourth-order valence-electron chi connectivity index (χ4n) is 1.68. The molecule has 80 valence electrons. The highest BCUT2D eigenvalue weighted by Gasteiger charge is 2.02. The van der Waals surface area contributed by atoms with Crippen LogP contribution >= 0.6 is 11.3 Å². The fraction of sp³-hybridized carbons (Fsp3) is 0.214. The number of nitrogens with zero attached hydrogens (tertiary/aromatic N) is 1. The van der Waals surface area contributed by atoms with Crippen LogP contribution in [-0.2, 0) is 6.42 Å². The number of aryl methyl sites for hydroxylation is 1. The van der Waals surface area contributed by atoms with Gasteiger partial charge < -0.3 is 0 Å². The Bertz CT molecular complexity index is 502. The van der Waals surface area contributed by atoms with Crippen molar-refractivity contribution in [2.45, 2.75) is 19.8 Å². The van der Waals surface area contributed by atoms with E-state index in [9.17, 15) is 0 Å². The second kappa shape index (κ2) is 4.96. The first-order valence-corrected chi connectivity index (χ1v) is 6.24. The van der Waals surface area contributed by atoms with Gasteiger partial charge in [-0.05, 0) is 29.7 Å². The summed E-state index contributed by atoms with van der Waals surface area (Å²) < 4.78 is 0. The molecule has 1 aromatic carbocycles. The number of hydrogen-bond donors (Lipinski definition) is 0. The molecule has 0 spiro atoms. The van der Waals surface area contributed by atoms with Crippen molar-refractivity contribution in [1.29, 1.82) is 5.26 Å². The quantitative estimate of drug-likeness (QED) is 0.769. The molecule has 0 aliphatic carbocycles. The highest BCUT2D eigenvalue weighted by Crippen LogP contribution is 2.27. The van der Waals surface area contributed by atoms with Gasteiger partial charge in [0.1, 0.15) is 10.9 Å². The zero-order valence-electron chi connectivity index (χ0n) is 9.23. The summed E-state index contributed by atoms with van der Waals surface area (Å²) in [6.45, 7) is 2.19. The molecule has 2 heteroatoms. The standard InChI is InChI=1S/C14H13NS/c1-2-3-11-4-6-12(7-5-11)14-9-8-13(10-15)16-14/h4-9H,2-3H2,1H3. The van der Waals surface area contributed by atoms with Gasteiger partial charge in [-0.1, -0.05) is 37.6 Å². The molecular formula is C14H13NS. The Hall–Kier alpha value is -1.59. The van der Waals surface area contributed by atoms with E-state index in [-0.39, 0.29) is 0 Å². The van der Waals surface area contributed by atoms with Gasteiger partial charge in [-0.15, -0.1) is 11.3 Å². The van der Waals surface area contributed by atoms with E-state index in [1.807, 2.05) is 12.1 Å². The van der Waals surface area contributed by atoms with Crippen molar-refractivity contribution in [2.75, 3.05) is 0 Å². The Morgan fingerprint density at radius 1 is 1.12 bits per heavy atom. The number of benzene rings is 1. The van der Waals surface area contributed by atoms with E-state index in [2.05, 4.69) is 37.3 Å². The summed E-state index contributed by atoms with van der Waals surface area (Å²) >= 11 is 1.54. The highest BCUT2D eigenvalue weighted by atomic mass is 32.1. The molecule has 1 aromatic heterocycles. The minimum Gasteiger partial charge on any atom is -0.192 e. The molecule has 1 nitrogen and oxygen atoms in total. The van der Waals surface area contributed by atoms with E-state index in [4.69, 9.17) is 5.26 Å². The van der Waals surface area contributed by atoms with Gasteiger partial charge in [-0.25, -0.2) is 0 Å². The molecular weight excluding hydrogens is 214 g/mol. The maximum atomic E-state index is 8.77. The Kier molecular flexibility index (Phi) is 3.38. The van der Waals surface area contributed by atoms with E-state index in [1.54, 1.807) is 11.3 Å². The molecule has 0 unspecified atom stereocenters. The van der Waals surface area contributed by atoms with E-state index in [0.29, 0.717) is 0 Å². The predicted molar refractivity (Wildman–Crippen MR) is 68.5 cm³/mol. The minimum atomic E-state index is 0.771. The van der Waals surface area contributed by atoms with Crippen LogP contribution in [0.15, 0.2) is 36.4 Å². The first kappa shape index (κ1) is 10.9. The summed E-state index contributed by atoms with van der Waals surface area (Å²) in [6.07, 6.45) is 2.31. The lowest BCUT2D eigenvalue weighted by molar-refractivity contribution is 0.922. The van der Waals surface area contributed by atoms with Crippen LogP contribution in [0.5, 0.6) is 0 Å². The Labute approximate surface area is 100.0 Å². The summed E-state index contributed by atoms with van der Waals surface area (Å²) in [6, 6.07) is 14.7. The average Bonchev–Trinajstić information content (AvgIpc) is 2.79. The molecule has 0 atom stereocenters. The average molecular weight is 227 g/mol. The summed E-state index contributed by atoms with van der Waals surface area (Å²) in [4.78, 5) is 1.94. The topological polar surface area (TPSA) is 23.8 Å². The van der Waals surface area contributed by atoms with Crippen LogP contribution in [0.4, 0.5) is 0 Å². The van der Waals surface area contributed by atoms with Crippen LogP contribution in [-0.4, -0.2) is 0 Å². The molecule has 0 saturated carbocycles. The first-order chi connectivity index (χ1) is 7.83. The molecule has 0 bridgehead atoms. The Morgan fingerprint density at radius 2 is 1.88 bits per heavy atom. The smallest absolute Gasteiger partial charge is 0.110 e. The molecule has 2 rings (SSSR count). The summed E-state index contributed by atoms with van der Waals surface area (Å²) in [5.74, 6) is 0. The van der Waals surface area contributed by atoms with Crippen LogP contribution in [0.1, 0.15) is 23.8 Å². The number of hydrogen-bond acceptors (Lipinski definition) is 2. The molecule has 0 aliphatic rings. The maximum absolute atomic E-state index is 8.77. The van der Waals surface area contributed by atoms with Gasteiger partial charge in [0.05, 0.1) is 0 Å². The summed E-state index contributed by atoms with van der Waals surface area (Å²) in [5, 5.41) is 8.77. The van der Waals surface area contributed by atoms with Gasteiger partial charge in [-0.2, -0.15) is 5.26 Å². The van der Waals surface area contributed by atoms with Gasteiger partial charge in [-0.3, -0.25) is 0 Å². The largest absolute Gasteiger partial charge is 0.192 e. The third-order valence-electron chi connectivity index (χ3n) is 2.49. The molecule has 0 fully saturated rings. The second-order valence-corrected chi connectivity index (χ2v) is 4.81. The zero-order valence-corrected chi connectivity index (χ0v) is 10.1. The third kappa shape index (κ3) is 2.32. The number of thiophene rings is 1. The molecule has 0 N–H and O–H groups in total. The summed E-state index contributed by atoms with van der Waals surface area (Å²) in [5.41, 5.74) is 2.58. The Morgan fingerprint density at radius 3 is 2.44 bits per heavy atom. The lowest BCUT2D eigenvalue weighted by Gasteiger charge is -2.00. The zero-order chi connectivity index (χ0) is 11.4. The van der Waals surface area contributed by atoms with Crippen molar-refractivity contribution < 1.29 is 0 Å². The molecule has 2 aromatic rings. The minimum absolute atomic E-state index is 0.771. The van der Waals surface area contributed by atoms with Gasteiger partial charge in [0, 0.05) is 4.88 Å². The highest BCUT2D eigenvalue weighted by molar-refractivity contribution is 7.16. The van der Waals surface area contributed by atoms with E-state index in [1.165, 1.54) is 22.4 Å². The maximum Gasteiger partial charge on any atom is 0.110 e. The fourth-order valence-corrected chi connectivity index (χ4v) is 2.49. The van der Waals surface area contributed by atoms with E-state index in [0.717, 1.165) is 11.3 Å². The normalized spacial score (nSPS) is 10.0. The van der Waals surface area contributed by atoms with Crippen LogP contribution in [0.3, 0.4) is 0 Å². The molecule has 16 heavy (non-hydrogen) atoms. The second-order valence-electron chi connectivity index (χ2n) is 3.72. The summed E-state index contributed by atoms with van der Waals surface area (Å²) in [7, 11) is 0. The predicted octanol–water partition coefficient (Wildman–Crippen LogP) is 4.24. The van der Waals surface area contributed by atoms with E-state index >= 15 is 0 Å². The van der Waals surface area contributed by atoms with Crippen molar-refractivity contribution in [3.63, 3.8) is 0 Å². The lowest BCUT2D eigenvalue weighted by atomic mass is 10.1. The molecule has 0 radical (unpaired) electrons. The lowest BCUT2D eigenvalue weighted by Crippen LogP contribution is -1.81. The van der Waals surface area contributed by atoms with Crippen molar-refractivity contribution in [3.05, 3.63) is 46.8 Å². The molecule has 0 amide bonds. The third-order valence-corrected chi connectivity index (χ3v) is 3.53. The van der Waals surface area contributed by atoms with Crippen molar-refractivity contribution in [2.24, 2.45) is 0 Å². The van der Waals surface area contributed by atoms with Crippen molar-refractivity contribution >= 4 is 11.3 Å². The molecule has 0 aliphatic heterocycles.